The van der Waals surface area contributed by atoms with Gasteiger partial charge in [-0.15, -0.1) is 0 Å². The van der Waals surface area contributed by atoms with Gasteiger partial charge in [0.2, 0.25) is 0 Å². The van der Waals surface area contributed by atoms with Crippen LogP contribution in [0, 0.1) is 11.7 Å². The summed E-state index contributed by atoms with van der Waals surface area (Å²) in [5.41, 5.74) is 0.404. The highest BCUT2D eigenvalue weighted by Gasteiger charge is 2.06. The van der Waals surface area contributed by atoms with Crippen molar-refractivity contribution in [3.05, 3.63) is 30.1 Å². The lowest BCUT2D eigenvalue weighted by Crippen LogP contribution is -2.25. The molecule has 0 saturated carbocycles. The molecule has 108 valence electrons. The highest BCUT2D eigenvalue weighted by atomic mass is 19.1. The van der Waals surface area contributed by atoms with Crippen LogP contribution in [0.3, 0.4) is 0 Å². The summed E-state index contributed by atoms with van der Waals surface area (Å²) in [6, 6.07) is 6.41. The standard InChI is InChI=1S/C15H24FNO2/c1-12(2)6-5-9-19-11-13(18)10-17-15-8-4-3-7-14(15)16/h3-4,7-8,12-13,17-18H,5-6,9-11H2,1-2H3. The lowest BCUT2D eigenvalue weighted by Gasteiger charge is -2.14. The molecule has 4 heteroatoms. The minimum atomic E-state index is -0.626. The molecule has 1 aromatic carbocycles. The minimum absolute atomic E-state index is 0.277. The van der Waals surface area contributed by atoms with Crippen molar-refractivity contribution in [3.8, 4) is 0 Å². The van der Waals surface area contributed by atoms with Gasteiger partial charge >= 0.3 is 0 Å². The van der Waals surface area contributed by atoms with Gasteiger partial charge in [-0.05, 0) is 30.9 Å². The third kappa shape index (κ3) is 7.13. The van der Waals surface area contributed by atoms with Gasteiger partial charge in [-0.2, -0.15) is 0 Å². The average Bonchev–Trinajstić information content (AvgIpc) is 2.37. The number of aliphatic hydroxyl groups is 1. The molecule has 1 aromatic rings. The van der Waals surface area contributed by atoms with Crippen molar-refractivity contribution in [2.45, 2.75) is 32.8 Å². The molecule has 0 bridgehead atoms. The van der Waals surface area contributed by atoms with E-state index in [1.807, 2.05) is 0 Å². The smallest absolute Gasteiger partial charge is 0.146 e. The van der Waals surface area contributed by atoms with E-state index in [-0.39, 0.29) is 19.0 Å². The monoisotopic (exact) mass is 269 g/mol. The number of halogens is 1. The number of hydrogen-bond donors (Lipinski definition) is 2. The Bertz CT molecular complexity index is 358. The molecule has 19 heavy (non-hydrogen) atoms. The summed E-state index contributed by atoms with van der Waals surface area (Å²) in [4.78, 5) is 0. The van der Waals surface area contributed by atoms with Crippen LogP contribution in [-0.4, -0.2) is 31.0 Å². The molecule has 0 amide bonds. The van der Waals surface area contributed by atoms with Gasteiger partial charge in [0.25, 0.3) is 0 Å². The topological polar surface area (TPSA) is 41.5 Å². The first-order valence-electron chi connectivity index (χ1n) is 6.83. The van der Waals surface area contributed by atoms with Crippen LogP contribution in [-0.2, 0) is 4.74 Å². The van der Waals surface area contributed by atoms with Gasteiger partial charge < -0.3 is 15.2 Å². The summed E-state index contributed by atoms with van der Waals surface area (Å²) in [6.45, 7) is 5.57. The van der Waals surface area contributed by atoms with Crippen molar-refractivity contribution in [2.75, 3.05) is 25.1 Å². The number of para-hydroxylation sites is 1. The molecular formula is C15H24FNO2. The Morgan fingerprint density at radius 1 is 1.32 bits per heavy atom. The molecule has 0 radical (unpaired) electrons. The molecule has 0 aliphatic carbocycles. The van der Waals surface area contributed by atoms with E-state index in [4.69, 9.17) is 4.74 Å². The molecule has 0 fully saturated rings. The molecule has 0 spiro atoms. The SMILES string of the molecule is CC(C)CCCOCC(O)CNc1ccccc1F. The highest BCUT2D eigenvalue weighted by Crippen LogP contribution is 2.12. The molecule has 0 aromatic heterocycles. The van der Waals surface area contributed by atoms with E-state index in [2.05, 4.69) is 19.2 Å². The van der Waals surface area contributed by atoms with Crippen LogP contribution in [0.15, 0.2) is 24.3 Å². The Balaban J connectivity index is 2.11. The molecular weight excluding hydrogens is 245 g/mol. The number of ether oxygens (including phenoxy) is 1. The number of anilines is 1. The van der Waals surface area contributed by atoms with E-state index in [9.17, 15) is 9.50 Å². The largest absolute Gasteiger partial charge is 0.389 e. The fourth-order valence-electron chi connectivity index (χ4n) is 1.70. The molecule has 0 saturated heterocycles. The van der Waals surface area contributed by atoms with E-state index >= 15 is 0 Å². The van der Waals surface area contributed by atoms with Crippen LogP contribution in [0.2, 0.25) is 0 Å². The average molecular weight is 269 g/mol. The van der Waals surface area contributed by atoms with E-state index in [0.29, 0.717) is 18.2 Å². The predicted octanol–water partition coefficient (Wildman–Crippen LogP) is 3.05. The lowest BCUT2D eigenvalue weighted by molar-refractivity contribution is 0.0409. The van der Waals surface area contributed by atoms with Gasteiger partial charge in [0.05, 0.1) is 18.4 Å². The second kappa shape index (κ2) is 8.88. The van der Waals surface area contributed by atoms with Gasteiger partial charge in [0, 0.05) is 13.2 Å². The van der Waals surface area contributed by atoms with Crippen LogP contribution in [0.1, 0.15) is 26.7 Å². The summed E-state index contributed by atoms with van der Waals surface area (Å²) < 4.78 is 18.7. The second-order valence-corrected chi connectivity index (χ2v) is 5.13. The van der Waals surface area contributed by atoms with Crippen molar-refractivity contribution in [1.82, 2.24) is 0 Å². The maximum Gasteiger partial charge on any atom is 0.146 e. The molecule has 3 nitrogen and oxygen atoms in total. The Morgan fingerprint density at radius 2 is 2.05 bits per heavy atom. The second-order valence-electron chi connectivity index (χ2n) is 5.13. The first kappa shape index (κ1) is 15.9. The number of rotatable bonds is 9. The molecule has 2 N–H and O–H groups in total. The van der Waals surface area contributed by atoms with Crippen LogP contribution in [0.4, 0.5) is 10.1 Å². The predicted molar refractivity (Wildman–Crippen MR) is 75.8 cm³/mol. The number of nitrogens with one attached hydrogen (secondary N) is 1. The van der Waals surface area contributed by atoms with Crippen molar-refractivity contribution in [1.29, 1.82) is 0 Å². The van der Waals surface area contributed by atoms with Gasteiger partial charge in [-0.1, -0.05) is 26.0 Å². The van der Waals surface area contributed by atoms with E-state index < -0.39 is 6.10 Å². The maximum absolute atomic E-state index is 13.3. The van der Waals surface area contributed by atoms with Crippen LogP contribution < -0.4 is 5.32 Å². The summed E-state index contributed by atoms with van der Waals surface area (Å²) in [5.74, 6) is 0.365. The van der Waals surface area contributed by atoms with Crippen molar-refractivity contribution >= 4 is 5.69 Å². The summed E-state index contributed by atoms with van der Waals surface area (Å²) in [5, 5.41) is 12.6. The Labute approximate surface area is 114 Å². The van der Waals surface area contributed by atoms with E-state index in [0.717, 1.165) is 12.8 Å². The van der Waals surface area contributed by atoms with E-state index in [1.54, 1.807) is 18.2 Å². The molecule has 0 heterocycles. The lowest BCUT2D eigenvalue weighted by atomic mass is 10.1. The summed E-state index contributed by atoms with van der Waals surface area (Å²) in [6.07, 6.45) is 1.51. The fraction of sp³-hybridized carbons (Fsp3) is 0.600. The zero-order chi connectivity index (χ0) is 14.1. The van der Waals surface area contributed by atoms with Gasteiger partial charge in [-0.3, -0.25) is 0 Å². The maximum atomic E-state index is 13.3. The summed E-state index contributed by atoms with van der Waals surface area (Å²) >= 11 is 0. The first-order chi connectivity index (χ1) is 9.09. The number of hydrogen-bond acceptors (Lipinski definition) is 3. The molecule has 0 aliphatic rings. The third-order valence-electron chi connectivity index (χ3n) is 2.78. The quantitative estimate of drug-likeness (QED) is 0.677. The van der Waals surface area contributed by atoms with Gasteiger partial charge in [-0.25, -0.2) is 4.39 Å². The van der Waals surface area contributed by atoms with Crippen LogP contribution in [0.5, 0.6) is 0 Å². The molecule has 1 rings (SSSR count). The summed E-state index contributed by atoms with van der Waals surface area (Å²) in [7, 11) is 0. The number of benzene rings is 1. The zero-order valence-electron chi connectivity index (χ0n) is 11.7. The number of aliphatic hydroxyl groups excluding tert-OH is 1. The van der Waals surface area contributed by atoms with Crippen molar-refractivity contribution in [3.63, 3.8) is 0 Å². The highest BCUT2D eigenvalue weighted by molar-refractivity contribution is 5.44. The molecule has 1 unspecified atom stereocenters. The van der Waals surface area contributed by atoms with Crippen LogP contribution >= 0.6 is 0 Å². The Hall–Kier alpha value is -1.13. The molecule has 1 atom stereocenters. The van der Waals surface area contributed by atoms with Crippen molar-refractivity contribution in [2.24, 2.45) is 5.92 Å². The van der Waals surface area contributed by atoms with Crippen LogP contribution in [0.25, 0.3) is 0 Å². The minimum Gasteiger partial charge on any atom is -0.389 e. The fourth-order valence-corrected chi connectivity index (χ4v) is 1.70. The first-order valence-corrected chi connectivity index (χ1v) is 6.83. The van der Waals surface area contributed by atoms with E-state index in [1.165, 1.54) is 6.07 Å². The normalized spacial score (nSPS) is 12.7. The zero-order valence-corrected chi connectivity index (χ0v) is 11.7. The Morgan fingerprint density at radius 3 is 2.74 bits per heavy atom. The van der Waals surface area contributed by atoms with Crippen molar-refractivity contribution < 1.29 is 14.2 Å². The Kier molecular flexibility index (Phi) is 7.45. The van der Waals surface area contributed by atoms with Gasteiger partial charge in [0.15, 0.2) is 0 Å². The molecule has 0 aliphatic heterocycles. The van der Waals surface area contributed by atoms with Gasteiger partial charge in [0.1, 0.15) is 5.82 Å². The third-order valence-corrected chi connectivity index (χ3v) is 2.78.